The van der Waals surface area contributed by atoms with Gasteiger partial charge in [-0.15, -0.1) is 0 Å². The molecule has 1 fully saturated rings. The van der Waals surface area contributed by atoms with Crippen molar-refractivity contribution in [2.24, 2.45) is 0 Å². The summed E-state index contributed by atoms with van der Waals surface area (Å²) in [5, 5.41) is 0. The number of nitrogens with zero attached hydrogens (tertiary/aromatic N) is 1. The van der Waals surface area contributed by atoms with Crippen LogP contribution in [0.5, 0.6) is 5.75 Å². The molecule has 0 saturated carbocycles. The second-order valence-corrected chi connectivity index (χ2v) is 6.15. The molecule has 2 heterocycles. The van der Waals surface area contributed by atoms with Crippen molar-refractivity contribution in [3.63, 3.8) is 0 Å². The Morgan fingerprint density at radius 2 is 2.25 bits per heavy atom. The molecule has 1 amide bonds. The molecule has 0 bridgehead atoms. The fourth-order valence-electron chi connectivity index (χ4n) is 2.16. The van der Waals surface area contributed by atoms with Gasteiger partial charge < -0.3 is 4.74 Å². The number of thioether (sulfide) groups is 1. The van der Waals surface area contributed by atoms with Gasteiger partial charge in [-0.3, -0.25) is 9.69 Å². The number of para-hydroxylation sites is 1. The summed E-state index contributed by atoms with van der Waals surface area (Å²) in [6.07, 6.45) is 3.93. The number of thiocarbonyl (C=S) groups is 1. The highest BCUT2D eigenvalue weighted by molar-refractivity contribution is 8.26. The van der Waals surface area contributed by atoms with Crippen LogP contribution in [0.15, 0.2) is 40.8 Å². The van der Waals surface area contributed by atoms with E-state index in [1.165, 1.54) is 11.8 Å². The second-order valence-electron chi connectivity index (χ2n) is 4.47. The quantitative estimate of drug-likeness (QED) is 0.620. The van der Waals surface area contributed by atoms with E-state index in [4.69, 9.17) is 17.0 Å². The minimum absolute atomic E-state index is 0.0118. The maximum atomic E-state index is 12.1. The van der Waals surface area contributed by atoms with Gasteiger partial charge >= 0.3 is 0 Å². The number of likely N-dealkylation sites (N-methyl/N-ethyl adjacent to an activating group) is 1. The lowest BCUT2D eigenvalue weighted by molar-refractivity contribution is -0.122. The Morgan fingerprint density at radius 3 is 3.00 bits per heavy atom. The van der Waals surface area contributed by atoms with E-state index in [2.05, 4.69) is 6.08 Å². The summed E-state index contributed by atoms with van der Waals surface area (Å²) in [5.74, 6) is 0.869. The van der Waals surface area contributed by atoms with Crippen LogP contribution in [0.1, 0.15) is 12.5 Å². The van der Waals surface area contributed by atoms with Gasteiger partial charge in [-0.2, -0.15) is 0 Å². The molecule has 1 saturated heterocycles. The van der Waals surface area contributed by atoms with Crippen LogP contribution in [-0.4, -0.2) is 28.3 Å². The molecule has 3 nitrogen and oxygen atoms in total. The Hall–Kier alpha value is -1.59. The molecule has 5 heteroatoms. The topological polar surface area (TPSA) is 29.5 Å². The number of rotatable bonds is 2. The minimum atomic E-state index is -0.0118. The Morgan fingerprint density at radius 1 is 1.45 bits per heavy atom. The second kappa shape index (κ2) is 5.42. The van der Waals surface area contributed by atoms with Crippen LogP contribution in [0, 0.1) is 0 Å². The van der Waals surface area contributed by atoms with Gasteiger partial charge in [0.25, 0.3) is 5.91 Å². The normalized spacial score (nSPS) is 19.9. The largest absolute Gasteiger partial charge is 0.488 e. The number of hydrogen-bond donors (Lipinski definition) is 0. The first-order valence-electron chi connectivity index (χ1n) is 6.37. The van der Waals surface area contributed by atoms with Crippen molar-refractivity contribution in [3.05, 3.63) is 46.4 Å². The van der Waals surface area contributed by atoms with Gasteiger partial charge in [0, 0.05) is 12.1 Å². The van der Waals surface area contributed by atoms with Crippen molar-refractivity contribution >= 4 is 40.3 Å². The monoisotopic (exact) mass is 303 g/mol. The number of amides is 1. The zero-order valence-electron chi connectivity index (χ0n) is 11.0. The number of hydrogen-bond acceptors (Lipinski definition) is 4. The van der Waals surface area contributed by atoms with Gasteiger partial charge in [-0.25, -0.2) is 0 Å². The van der Waals surface area contributed by atoms with E-state index in [0.29, 0.717) is 22.4 Å². The molecule has 2 aliphatic rings. The van der Waals surface area contributed by atoms with E-state index < -0.39 is 0 Å². The highest BCUT2D eigenvalue weighted by Crippen LogP contribution is 2.33. The third kappa shape index (κ3) is 2.39. The van der Waals surface area contributed by atoms with Crippen molar-refractivity contribution in [2.45, 2.75) is 6.92 Å². The van der Waals surface area contributed by atoms with Crippen LogP contribution in [0.4, 0.5) is 0 Å². The number of benzene rings is 1. The van der Waals surface area contributed by atoms with E-state index in [9.17, 15) is 4.79 Å². The van der Waals surface area contributed by atoms with Crippen LogP contribution in [0.2, 0.25) is 0 Å². The van der Waals surface area contributed by atoms with Crippen LogP contribution < -0.4 is 4.74 Å². The molecule has 0 unspecified atom stereocenters. The zero-order chi connectivity index (χ0) is 14.1. The summed E-state index contributed by atoms with van der Waals surface area (Å²) in [7, 11) is 0. The van der Waals surface area contributed by atoms with E-state index in [1.54, 1.807) is 4.90 Å². The fourth-order valence-corrected chi connectivity index (χ4v) is 3.56. The molecule has 1 aromatic carbocycles. The lowest BCUT2D eigenvalue weighted by Gasteiger charge is -2.16. The Labute approximate surface area is 127 Å². The molecule has 102 valence electrons. The average Bonchev–Trinajstić information content (AvgIpc) is 2.73. The van der Waals surface area contributed by atoms with Crippen LogP contribution >= 0.6 is 24.0 Å². The van der Waals surface area contributed by atoms with Gasteiger partial charge in [-0.1, -0.05) is 42.2 Å². The number of carbonyl (C=O) groups excluding carboxylic acids is 1. The smallest absolute Gasteiger partial charge is 0.266 e. The molecule has 0 aromatic heterocycles. The highest BCUT2D eigenvalue weighted by Gasteiger charge is 2.30. The number of carbonyl (C=O) groups is 1. The van der Waals surface area contributed by atoms with Crippen LogP contribution in [0.3, 0.4) is 0 Å². The molecule has 0 aliphatic carbocycles. The number of ether oxygens (including phenoxy) is 1. The maximum Gasteiger partial charge on any atom is 0.266 e. The van der Waals surface area contributed by atoms with Crippen LogP contribution in [-0.2, 0) is 4.79 Å². The Balaban J connectivity index is 1.89. The van der Waals surface area contributed by atoms with Gasteiger partial charge in [-0.05, 0) is 30.7 Å². The summed E-state index contributed by atoms with van der Waals surface area (Å²) in [6.45, 7) is 3.01. The standard InChI is InChI=1S/C15H13NO2S2/c1-2-16-14(17)13(20-15(16)19)8-10-7-11-5-3-4-6-12(11)18-9-10/h3-8H,2,9H2,1H3/b13-8+. The predicted octanol–water partition coefficient (Wildman–Crippen LogP) is 3.23. The molecular weight excluding hydrogens is 290 g/mol. The minimum Gasteiger partial charge on any atom is -0.488 e. The third-order valence-corrected chi connectivity index (χ3v) is 4.54. The molecule has 20 heavy (non-hydrogen) atoms. The molecular formula is C15H13NO2S2. The Bertz CT molecular complexity index is 649. The first-order chi connectivity index (χ1) is 9.69. The van der Waals surface area contributed by atoms with Gasteiger partial charge in [0.15, 0.2) is 0 Å². The average molecular weight is 303 g/mol. The van der Waals surface area contributed by atoms with Gasteiger partial charge in [0.05, 0.1) is 4.91 Å². The SMILES string of the molecule is CCN1C(=O)/C(=C\C2=Cc3ccccc3OC2)SC1=S. The molecule has 0 spiro atoms. The van der Waals surface area contributed by atoms with Gasteiger partial charge in [0.2, 0.25) is 0 Å². The maximum absolute atomic E-state index is 12.1. The molecule has 2 aliphatic heterocycles. The summed E-state index contributed by atoms with van der Waals surface area (Å²) >= 11 is 6.55. The first kappa shape index (κ1) is 13.4. The van der Waals surface area contributed by atoms with Gasteiger partial charge in [0.1, 0.15) is 16.7 Å². The summed E-state index contributed by atoms with van der Waals surface area (Å²) in [4.78, 5) is 14.4. The third-order valence-electron chi connectivity index (χ3n) is 3.16. The van der Waals surface area contributed by atoms with Crippen molar-refractivity contribution < 1.29 is 9.53 Å². The molecule has 3 rings (SSSR count). The number of fused-ring (bicyclic) bond motifs is 1. The fraction of sp³-hybridized carbons (Fsp3) is 0.200. The lowest BCUT2D eigenvalue weighted by Crippen LogP contribution is -2.27. The molecule has 0 N–H and O–H groups in total. The van der Waals surface area contributed by atoms with E-state index in [-0.39, 0.29) is 5.91 Å². The van der Waals surface area contributed by atoms with Crippen molar-refractivity contribution in [1.82, 2.24) is 4.90 Å². The van der Waals surface area contributed by atoms with Crippen molar-refractivity contribution in [3.8, 4) is 5.75 Å². The van der Waals surface area contributed by atoms with Crippen LogP contribution in [0.25, 0.3) is 6.08 Å². The summed E-state index contributed by atoms with van der Waals surface area (Å²) < 4.78 is 6.31. The molecule has 0 atom stereocenters. The predicted molar refractivity (Wildman–Crippen MR) is 85.6 cm³/mol. The molecule has 0 radical (unpaired) electrons. The van der Waals surface area contributed by atoms with E-state index in [0.717, 1.165) is 16.9 Å². The van der Waals surface area contributed by atoms with E-state index >= 15 is 0 Å². The Kier molecular flexibility index (Phi) is 3.63. The summed E-state index contributed by atoms with van der Waals surface area (Å²) in [5.41, 5.74) is 2.02. The lowest BCUT2D eigenvalue weighted by atomic mass is 10.1. The van der Waals surface area contributed by atoms with E-state index in [1.807, 2.05) is 37.3 Å². The van der Waals surface area contributed by atoms with Crippen molar-refractivity contribution in [2.75, 3.05) is 13.2 Å². The molecule has 1 aromatic rings. The first-order valence-corrected chi connectivity index (χ1v) is 7.59. The zero-order valence-corrected chi connectivity index (χ0v) is 12.6. The van der Waals surface area contributed by atoms with Crippen molar-refractivity contribution in [1.29, 1.82) is 0 Å². The summed E-state index contributed by atoms with van der Waals surface area (Å²) in [6, 6.07) is 7.86. The highest BCUT2D eigenvalue weighted by atomic mass is 32.2.